The number of halogens is 2. The number of rotatable bonds is 7. The first kappa shape index (κ1) is 20.0. The first-order chi connectivity index (χ1) is 12.0. The molecule has 0 aromatic heterocycles. The fraction of sp³-hybridized carbons (Fsp3) is 0.556. The third-order valence-corrected chi connectivity index (χ3v) is 4.72. The SMILES string of the molecule is CCCC(NC(=O)C(Cl)Cl)C(=O)N1CCN(Cc2ccccc2)CC1. The highest BCUT2D eigenvalue weighted by atomic mass is 35.5. The van der Waals surface area contributed by atoms with E-state index in [0.29, 0.717) is 19.5 Å². The Morgan fingerprint density at radius 1 is 1.12 bits per heavy atom. The Kier molecular flexibility index (Phi) is 8.00. The molecule has 5 nitrogen and oxygen atoms in total. The lowest BCUT2D eigenvalue weighted by Crippen LogP contribution is -2.55. The van der Waals surface area contributed by atoms with Crippen LogP contribution in [0.2, 0.25) is 0 Å². The van der Waals surface area contributed by atoms with Crippen molar-refractivity contribution in [2.24, 2.45) is 0 Å². The van der Waals surface area contributed by atoms with Crippen molar-refractivity contribution in [3.05, 3.63) is 35.9 Å². The number of amides is 2. The van der Waals surface area contributed by atoms with Crippen molar-refractivity contribution in [1.82, 2.24) is 15.1 Å². The first-order valence-electron chi connectivity index (χ1n) is 8.65. The Bertz CT molecular complexity index is 561. The van der Waals surface area contributed by atoms with E-state index in [9.17, 15) is 9.59 Å². The molecule has 1 unspecified atom stereocenters. The number of benzene rings is 1. The number of piperazine rings is 1. The highest BCUT2D eigenvalue weighted by Gasteiger charge is 2.29. The van der Waals surface area contributed by atoms with Gasteiger partial charge in [-0.1, -0.05) is 66.9 Å². The molecule has 1 heterocycles. The van der Waals surface area contributed by atoms with Gasteiger partial charge in [-0.05, 0) is 12.0 Å². The molecule has 25 heavy (non-hydrogen) atoms. The van der Waals surface area contributed by atoms with E-state index in [1.807, 2.05) is 30.0 Å². The average Bonchev–Trinajstić information content (AvgIpc) is 2.62. The van der Waals surface area contributed by atoms with Crippen LogP contribution in [-0.2, 0) is 16.1 Å². The number of hydrogen-bond donors (Lipinski definition) is 1. The van der Waals surface area contributed by atoms with Crippen molar-refractivity contribution >= 4 is 35.0 Å². The first-order valence-corrected chi connectivity index (χ1v) is 9.52. The quantitative estimate of drug-likeness (QED) is 0.733. The van der Waals surface area contributed by atoms with Crippen LogP contribution >= 0.6 is 23.2 Å². The molecule has 1 N–H and O–H groups in total. The van der Waals surface area contributed by atoms with E-state index in [4.69, 9.17) is 23.2 Å². The smallest absolute Gasteiger partial charge is 0.253 e. The summed E-state index contributed by atoms with van der Waals surface area (Å²) in [6.45, 7) is 5.82. The molecule has 2 rings (SSSR count). The molecule has 0 spiro atoms. The van der Waals surface area contributed by atoms with Crippen LogP contribution in [0.5, 0.6) is 0 Å². The predicted molar refractivity (Wildman–Crippen MR) is 101 cm³/mol. The molecule has 1 atom stereocenters. The highest BCUT2D eigenvalue weighted by molar-refractivity contribution is 6.53. The Labute approximate surface area is 159 Å². The molecule has 7 heteroatoms. The van der Waals surface area contributed by atoms with E-state index < -0.39 is 16.8 Å². The Morgan fingerprint density at radius 3 is 2.32 bits per heavy atom. The van der Waals surface area contributed by atoms with Crippen LogP contribution in [0, 0.1) is 0 Å². The second-order valence-corrected chi connectivity index (χ2v) is 7.33. The maximum atomic E-state index is 12.7. The van der Waals surface area contributed by atoms with Gasteiger partial charge < -0.3 is 10.2 Å². The van der Waals surface area contributed by atoms with Crippen LogP contribution in [0.1, 0.15) is 25.3 Å². The van der Waals surface area contributed by atoms with E-state index >= 15 is 0 Å². The van der Waals surface area contributed by atoms with Crippen LogP contribution in [-0.4, -0.2) is 58.7 Å². The molecule has 0 radical (unpaired) electrons. The van der Waals surface area contributed by atoms with Gasteiger partial charge in [0, 0.05) is 32.7 Å². The molecule has 1 aromatic carbocycles. The van der Waals surface area contributed by atoms with Gasteiger partial charge in [0.2, 0.25) is 5.91 Å². The third-order valence-electron chi connectivity index (χ3n) is 4.32. The summed E-state index contributed by atoms with van der Waals surface area (Å²) < 4.78 is 0. The number of carbonyl (C=O) groups is 2. The molecular formula is C18H25Cl2N3O2. The van der Waals surface area contributed by atoms with Gasteiger partial charge in [0.1, 0.15) is 6.04 Å². The summed E-state index contributed by atoms with van der Waals surface area (Å²) in [5.41, 5.74) is 1.27. The molecule has 138 valence electrons. The minimum absolute atomic E-state index is 0.0523. The summed E-state index contributed by atoms with van der Waals surface area (Å²) in [4.78, 5) is 27.4. The van der Waals surface area contributed by atoms with Gasteiger partial charge in [-0.15, -0.1) is 0 Å². The lowest BCUT2D eigenvalue weighted by atomic mass is 10.1. The van der Waals surface area contributed by atoms with Gasteiger partial charge in [0.05, 0.1) is 0 Å². The molecule has 2 amide bonds. The zero-order valence-corrected chi connectivity index (χ0v) is 16.0. The second-order valence-electron chi connectivity index (χ2n) is 6.24. The van der Waals surface area contributed by atoms with Crippen molar-refractivity contribution in [3.8, 4) is 0 Å². The fourth-order valence-corrected chi connectivity index (χ4v) is 3.10. The standard InChI is InChI=1S/C18H25Cl2N3O2/c1-2-6-15(21-17(24)16(19)20)18(25)23-11-9-22(10-12-23)13-14-7-4-3-5-8-14/h3-5,7-8,15-16H,2,6,9-13H2,1H3,(H,21,24). The molecular weight excluding hydrogens is 361 g/mol. The monoisotopic (exact) mass is 385 g/mol. The minimum Gasteiger partial charge on any atom is -0.342 e. The van der Waals surface area contributed by atoms with Crippen molar-refractivity contribution in [2.75, 3.05) is 26.2 Å². The molecule has 1 fully saturated rings. The van der Waals surface area contributed by atoms with E-state index in [-0.39, 0.29) is 5.91 Å². The van der Waals surface area contributed by atoms with E-state index in [1.54, 1.807) is 0 Å². The summed E-state index contributed by atoms with van der Waals surface area (Å²) in [6.07, 6.45) is 1.37. The zero-order valence-electron chi connectivity index (χ0n) is 14.5. The molecule has 1 aliphatic rings. The summed E-state index contributed by atoms with van der Waals surface area (Å²) in [5, 5.41) is 2.66. The Hall–Kier alpha value is -1.30. The lowest BCUT2D eigenvalue weighted by molar-refractivity contribution is -0.138. The topological polar surface area (TPSA) is 52.7 Å². The van der Waals surface area contributed by atoms with Crippen molar-refractivity contribution in [3.63, 3.8) is 0 Å². The van der Waals surface area contributed by atoms with Crippen LogP contribution in [0.15, 0.2) is 30.3 Å². The van der Waals surface area contributed by atoms with Gasteiger partial charge in [-0.3, -0.25) is 14.5 Å². The predicted octanol–water partition coefficient (Wildman–Crippen LogP) is 2.42. The van der Waals surface area contributed by atoms with Crippen molar-refractivity contribution in [1.29, 1.82) is 0 Å². The number of hydrogen-bond acceptors (Lipinski definition) is 3. The van der Waals surface area contributed by atoms with Crippen molar-refractivity contribution in [2.45, 2.75) is 37.2 Å². The maximum absolute atomic E-state index is 12.7. The molecule has 1 aromatic rings. The lowest BCUT2D eigenvalue weighted by Gasteiger charge is -2.36. The number of nitrogens with one attached hydrogen (secondary N) is 1. The van der Waals surface area contributed by atoms with Crippen molar-refractivity contribution < 1.29 is 9.59 Å². The highest BCUT2D eigenvalue weighted by Crippen LogP contribution is 2.12. The maximum Gasteiger partial charge on any atom is 0.253 e. The Balaban J connectivity index is 1.86. The van der Waals surface area contributed by atoms with Gasteiger partial charge in [-0.2, -0.15) is 0 Å². The van der Waals surface area contributed by atoms with E-state index in [1.165, 1.54) is 5.56 Å². The normalized spacial score (nSPS) is 16.7. The van der Waals surface area contributed by atoms with E-state index in [0.717, 1.165) is 26.1 Å². The minimum atomic E-state index is -1.16. The van der Waals surface area contributed by atoms with Gasteiger partial charge in [-0.25, -0.2) is 0 Å². The number of alkyl halides is 2. The Morgan fingerprint density at radius 2 is 1.76 bits per heavy atom. The molecule has 1 aliphatic heterocycles. The zero-order chi connectivity index (χ0) is 18.2. The summed E-state index contributed by atoms with van der Waals surface area (Å²) in [5.74, 6) is -0.568. The summed E-state index contributed by atoms with van der Waals surface area (Å²) in [7, 11) is 0. The van der Waals surface area contributed by atoms with E-state index in [2.05, 4.69) is 22.3 Å². The molecule has 0 bridgehead atoms. The van der Waals surface area contributed by atoms with Crippen LogP contribution in [0.25, 0.3) is 0 Å². The molecule has 1 saturated heterocycles. The fourth-order valence-electron chi connectivity index (χ4n) is 2.97. The number of carbonyl (C=O) groups excluding carboxylic acids is 2. The van der Waals surface area contributed by atoms with Gasteiger partial charge in [0.15, 0.2) is 4.84 Å². The molecule has 0 aliphatic carbocycles. The van der Waals surface area contributed by atoms with Gasteiger partial charge >= 0.3 is 0 Å². The largest absolute Gasteiger partial charge is 0.342 e. The van der Waals surface area contributed by atoms with Crippen LogP contribution in [0.4, 0.5) is 0 Å². The summed E-state index contributed by atoms with van der Waals surface area (Å²) in [6, 6.07) is 9.74. The number of nitrogens with zero attached hydrogens (tertiary/aromatic N) is 2. The second kappa shape index (κ2) is 10.00. The molecule has 0 saturated carbocycles. The average molecular weight is 386 g/mol. The summed E-state index contributed by atoms with van der Waals surface area (Å²) >= 11 is 11.2. The van der Waals surface area contributed by atoms with Gasteiger partial charge in [0.25, 0.3) is 5.91 Å². The third kappa shape index (κ3) is 6.17. The van der Waals surface area contributed by atoms with Crippen LogP contribution < -0.4 is 5.32 Å². The van der Waals surface area contributed by atoms with Crippen LogP contribution in [0.3, 0.4) is 0 Å².